The molecule has 2 fully saturated rings. The van der Waals surface area contributed by atoms with E-state index in [4.69, 9.17) is 0 Å². The molecule has 2 atom stereocenters. The summed E-state index contributed by atoms with van der Waals surface area (Å²) in [5.74, 6) is 0.0657. The molecule has 1 aliphatic carbocycles. The molecule has 4 heteroatoms. The van der Waals surface area contributed by atoms with Crippen molar-refractivity contribution in [3.05, 3.63) is 0 Å². The van der Waals surface area contributed by atoms with Gasteiger partial charge in [-0.15, -0.1) is 0 Å². The highest BCUT2D eigenvalue weighted by molar-refractivity contribution is 7.81. The summed E-state index contributed by atoms with van der Waals surface area (Å²) < 4.78 is 0. The quantitative estimate of drug-likeness (QED) is 0.676. The van der Waals surface area contributed by atoms with Crippen LogP contribution in [0.15, 0.2) is 0 Å². The fourth-order valence-corrected chi connectivity index (χ4v) is 2.07. The molecule has 0 aromatic rings. The van der Waals surface area contributed by atoms with Gasteiger partial charge in [-0.05, 0) is 26.2 Å². The van der Waals surface area contributed by atoms with Crippen LogP contribution in [0.25, 0.3) is 0 Å². The van der Waals surface area contributed by atoms with Crippen LogP contribution in [0.3, 0.4) is 0 Å². The molecule has 80 valence electrons. The molecular weight excluding hydrogens is 196 g/mol. The largest absolute Gasteiger partial charge is 0.351 e. The molecule has 2 unspecified atom stereocenters. The third-order valence-corrected chi connectivity index (χ3v) is 3.24. The van der Waals surface area contributed by atoms with Crippen molar-refractivity contribution in [2.24, 2.45) is 0 Å². The summed E-state index contributed by atoms with van der Waals surface area (Å²) in [5, 5.41) is 2.84. The molecule has 14 heavy (non-hydrogen) atoms. The van der Waals surface area contributed by atoms with Crippen LogP contribution in [-0.2, 0) is 4.79 Å². The lowest BCUT2D eigenvalue weighted by Crippen LogP contribution is -2.40. The number of nitrogens with one attached hydrogen (secondary N) is 1. The maximum absolute atomic E-state index is 11.4. The number of carbonyl (C=O) groups excluding carboxylic acids is 1. The van der Waals surface area contributed by atoms with Crippen LogP contribution in [0.5, 0.6) is 0 Å². The molecule has 0 bridgehead atoms. The Kier molecular flexibility index (Phi) is 3.02. The van der Waals surface area contributed by atoms with E-state index in [1.54, 1.807) is 0 Å². The normalized spacial score (nSPS) is 30.3. The number of nitrogens with zero attached hydrogens (tertiary/aromatic N) is 1. The molecule has 1 aliphatic heterocycles. The molecule has 0 aromatic heterocycles. The second-order valence-electron chi connectivity index (χ2n) is 4.40. The molecule has 1 amide bonds. The standard InChI is InChI=1S/C10H18N2OS/c1-7(14)10(13)11-8-4-5-12(6-8)9-2-3-9/h7-9,14H,2-6H2,1H3,(H,11,13). The smallest absolute Gasteiger partial charge is 0.232 e. The van der Waals surface area contributed by atoms with Gasteiger partial charge in [-0.3, -0.25) is 9.69 Å². The molecular formula is C10H18N2OS. The zero-order valence-corrected chi connectivity index (χ0v) is 9.46. The van der Waals surface area contributed by atoms with Gasteiger partial charge in [0.05, 0.1) is 5.25 Å². The molecule has 1 saturated heterocycles. The van der Waals surface area contributed by atoms with Gasteiger partial charge in [0.1, 0.15) is 0 Å². The van der Waals surface area contributed by atoms with Gasteiger partial charge in [-0.2, -0.15) is 12.6 Å². The van der Waals surface area contributed by atoms with Crippen LogP contribution in [0.2, 0.25) is 0 Å². The van der Waals surface area contributed by atoms with Crippen LogP contribution in [0.4, 0.5) is 0 Å². The third kappa shape index (κ3) is 2.42. The summed E-state index contributed by atoms with van der Waals surface area (Å²) in [4.78, 5) is 13.9. The van der Waals surface area contributed by atoms with Crippen LogP contribution >= 0.6 is 12.6 Å². The van der Waals surface area contributed by atoms with Gasteiger partial charge in [-0.25, -0.2) is 0 Å². The lowest BCUT2D eigenvalue weighted by molar-refractivity contribution is -0.120. The molecule has 0 spiro atoms. The third-order valence-electron chi connectivity index (χ3n) is 3.01. The fourth-order valence-electron chi connectivity index (χ4n) is 2.00. The first-order valence-electron chi connectivity index (χ1n) is 5.39. The maximum atomic E-state index is 11.4. The van der Waals surface area contributed by atoms with Crippen molar-refractivity contribution < 1.29 is 4.79 Å². The Balaban J connectivity index is 1.75. The number of thiol groups is 1. The second-order valence-corrected chi connectivity index (χ2v) is 5.17. The Morgan fingerprint density at radius 2 is 2.21 bits per heavy atom. The average Bonchev–Trinajstić information content (AvgIpc) is 2.88. The van der Waals surface area contributed by atoms with Crippen molar-refractivity contribution in [1.82, 2.24) is 10.2 Å². The molecule has 2 aliphatic rings. The Labute approximate surface area is 90.6 Å². The minimum Gasteiger partial charge on any atom is -0.351 e. The summed E-state index contributed by atoms with van der Waals surface area (Å²) in [7, 11) is 0. The minimum atomic E-state index is -0.190. The summed E-state index contributed by atoms with van der Waals surface area (Å²) >= 11 is 4.12. The monoisotopic (exact) mass is 214 g/mol. The average molecular weight is 214 g/mol. The molecule has 1 N–H and O–H groups in total. The second kappa shape index (κ2) is 4.11. The number of amides is 1. The number of hydrogen-bond acceptors (Lipinski definition) is 3. The molecule has 2 rings (SSSR count). The molecule has 3 nitrogen and oxygen atoms in total. The Hall–Kier alpha value is -0.220. The van der Waals surface area contributed by atoms with Crippen LogP contribution in [0.1, 0.15) is 26.2 Å². The highest BCUT2D eigenvalue weighted by atomic mass is 32.1. The molecule has 0 radical (unpaired) electrons. The fraction of sp³-hybridized carbons (Fsp3) is 0.900. The Morgan fingerprint density at radius 1 is 1.50 bits per heavy atom. The van der Waals surface area contributed by atoms with Crippen molar-refractivity contribution in [3.63, 3.8) is 0 Å². The van der Waals surface area contributed by atoms with E-state index < -0.39 is 0 Å². The van der Waals surface area contributed by atoms with Crippen LogP contribution < -0.4 is 5.32 Å². The zero-order chi connectivity index (χ0) is 10.1. The van der Waals surface area contributed by atoms with Gasteiger partial charge in [0, 0.05) is 25.2 Å². The summed E-state index contributed by atoms with van der Waals surface area (Å²) in [6, 6.07) is 1.18. The van der Waals surface area contributed by atoms with Crippen LogP contribution in [-0.4, -0.2) is 41.2 Å². The van der Waals surface area contributed by atoms with E-state index in [-0.39, 0.29) is 11.2 Å². The predicted molar refractivity (Wildman–Crippen MR) is 59.6 cm³/mol. The van der Waals surface area contributed by atoms with Crippen molar-refractivity contribution >= 4 is 18.5 Å². The van der Waals surface area contributed by atoms with Crippen molar-refractivity contribution in [3.8, 4) is 0 Å². The SMILES string of the molecule is CC(S)C(=O)NC1CCN(C2CC2)C1. The highest BCUT2D eigenvalue weighted by Crippen LogP contribution is 2.29. The maximum Gasteiger partial charge on any atom is 0.232 e. The minimum absolute atomic E-state index is 0.0657. The van der Waals surface area contributed by atoms with E-state index in [0.29, 0.717) is 6.04 Å². The van der Waals surface area contributed by atoms with Crippen LogP contribution in [0, 0.1) is 0 Å². The summed E-state index contributed by atoms with van der Waals surface area (Å²) in [5.41, 5.74) is 0. The first kappa shape index (κ1) is 10.3. The number of carbonyl (C=O) groups is 1. The predicted octanol–water partition coefficient (Wildman–Crippen LogP) is 0.658. The van der Waals surface area contributed by atoms with E-state index in [1.807, 2.05) is 6.92 Å². The number of rotatable bonds is 3. The van der Waals surface area contributed by atoms with Gasteiger partial charge >= 0.3 is 0 Å². The van der Waals surface area contributed by atoms with Gasteiger partial charge < -0.3 is 5.32 Å². The van der Waals surface area contributed by atoms with Crippen molar-refractivity contribution in [2.45, 2.75) is 43.5 Å². The molecule has 1 saturated carbocycles. The topological polar surface area (TPSA) is 32.3 Å². The molecule has 0 aromatic carbocycles. The van der Waals surface area contributed by atoms with Gasteiger partial charge in [0.25, 0.3) is 0 Å². The van der Waals surface area contributed by atoms with Crippen molar-refractivity contribution in [2.75, 3.05) is 13.1 Å². The summed E-state index contributed by atoms with van der Waals surface area (Å²) in [6.07, 6.45) is 3.80. The van der Waals surface area contributed by atoms with E-state index in [2.05, 4.69) is 22.8 Å². The lowest BCUT2D eigenvalue weighted by Gasteiger charge is -2.16. The first-order chi connectivity index (χ1) is 6.66. The summed E-state index contributed by atoms with van der Waals surface area (Å²) in [6.45, 7) is 4.00. The Morgan fingerprint density at radius 3 is 2.79 bits per heavy atom. The van der Waals surface area contributed by atoms with Gasteiger partial charge in [-0.1, -0.05) is 0 Å². The van der Waals surface area contributed by atoms with Crippen molar-refractivity contribution in [1.29, 1.82) is 0 Å². The van der Waals surface area contributed by atoms with E-state index in [1.165, 1.54) is 12.8 Å². The first-order valence-corrected chi connectivity index (χ1v) is 5.91. The van der Waals surface area contributed by atoms with E-state index in [0.717, 1.165) is 25.6 Å². The highest BCUT2D eigenvalue weighted by Gasteiger charge is 2.34. The zero-order valence-electron chi connectivity index (χ0n) is 8.57. The lowest BCUT2D eigenvalue weighted by atomic mass is 10.2. The number of likely N-dealkylation sites (tertiary alicyclic amines) is 1. The number of hydrogen-bond donors (Lipinski definition) is 2. The van der Waals surface area contributed by atoms with Gasteiger partial charge in [0.15, 0.2) is 0 Å². The van der Waals surface area contributed by atoms with Gasteiger partial charge in [0.2, 0.25) is 5.91 Å². The van der Waals surface area contributed by atoms with E-state index >= 15 is 0 Å². The Bertz CT molecular complexity index is 228. The van der Waals surface area contributed by atoms with E-state index in [9.17, 15) is 4.79 Å². The molecule has 1 heterocycles.